The topological polar surface area (TPSA) is 36.4 Å². The molecule has 3 heteroatoms. The Morgan fingerprint density at radius 2 is 0.935 bits per heavy atom. The van der Waals surface area contributed by atoms with Crippen molar-refractivity contribution in [2.45, 2.75) is 175 Å². The SMILES string of the molecule is CCCCCCc1cc(CCCCCC)cc(C(=C(C)C(=C=[N+]=[N-])CCCC)c2cc(CCCC)cc(CCCC)c2)c1.[CH3][Ni][CH3]. The summed E-state index contributed by atoms with van der Waals surface area (Å²) < 4.78 is 0. The normalized spacial score (nSPS) is 11.4. The Kier molecular flexibility index (Phi) is 24.4. The molecule has 0 aliphatic heterocycles. The fraction of sp³-hybridized carbons (Fsp3) is 0.628. The minimum atomic E-state index is 0.870. The molecule has 0 aromatic heterocycles. The number of hydrogen-bond donors (Lipinski definition) is 0. The summed E-state index contributed by atoms with van der Waals surface area (Å²) in [7, 11) is 0. The van der Waals surface area contributed by atoms with Crippen LogP contribution in [0.5, 0.6) is 0 Å². The number of rotatable bonds is 22. The molecule has 0 fully saturated rings. The van der Waals surface area contributed by atoms with Crippen LogP contribution in [-0.2, 0) is 40.1 Å². The molecule has 0 radical (unpaired) electrons. The monoisotopic (exact) mass is 670 g/mol. The van der Waals surface area contributed by atoms with E-state index in [9.17, 15) is 5.53 Å². The molecule has 0 N–H and O–H groups in total. The van der Waals surface area contributed by atoms with Crippen LogP contribution in [0, 0.1) is 0 Å². The van der Waals surface area contributed by atoms with E-state index < -0.39 is 0 Å². The van der Waals surface area contributed by atoms with Gasteiger partial charge < -0.3 is 5.53 Å². The second kappa shape index (κ2) is 26.9. The summed E-state index contributed by atoms with van der Waals surface area (Å²) in [5.74, 6) is 7.13. The molecule has 2 aromatic carbocycles. The molecular formula is C43H68N2Ni. The summed E-state index contributed by atoms with van der Waals surface area (Å²) in [6.45, 7) is 13.6. The molecule has 260 valence electrons. The van der Waals surface area contributed by atoms with Gasteiger partial charge in [-0.1, -0.05) is 129 Å². The van der Waals surface area contributed by atoms with E-state index in [4.69, 9.17) is 0 Å². The second-order valence-corrected chi connectivity index (χ2v) is 14.0. The van der Waals surface area contributed by atoms with E-state index in [1.54, 1.807) is 14.4 Å². The van der Waals surface area contributed by atoms with Gasteiger partial charge in [-0.05, 0) is 116 Å². The summed E-state index contributed by atoms with van der Waals surface area (Å²) in [5, 5.41) is 0. The molecule has 0 saturated carbocycles. The van der Waals surface area contributed by atoms with E-state index in [1.807, 2.05) is 0 Å². The van der Waals surface area contributed by atoms with Gasteiger partial charge in [0.2, 0.25) is 0 Å². The van der Waals surface area contributed by atoms with Crippen LogP contribution in [0.15, 0.2) is 47.5 Å². The van der Waals surface area contributed by atoms with Gasteiger partial charge in [0, 0.05) is 0 Å². The van der Waals surface area contributed by atoms with Crippen LogP contribution in [0.3, 0.4) is 0 Å². The average Bonchev–Trinajstić information content (AvgIpc) is 3.05. The molecule has 0 aliphatic rings. The molecule has 0 heterocycles. The van der Waals surface area contributed by atoms with Gasteiger partial charge in [0.15, 0.2) is 0 Å². The van der Waals surface area contributed by atoms with Crippen LogP contribution in [0.1, 0.15) is 171 Å². The fourth-order valence-electron chi connectivity index (χ4n) is 6.16. The van der Waals surface area contributed by atoms with Crippen molar-refractivity contribution in [3.05, 3.63) is 86.5 Å². The van der Waals surface area contributed by atoms with Gasteiger partial charge in [-0.15, -0.1) is 4.79 Å². The van der Waals surface area contributed by atoms with Gasteiger partial charge in [-0.2, -0.15) is 0 Å². The molecule has 2 rings (SSSR count). The van der Waals surface area contributed by atoms with Crippen LogP contribution in [0.25, 0.3) is 11.1 Å². The van der Waals surface area contributed by atoms with Crippen LogP contribution >= 0.6 is 0 Å². The van der Waals surface area contributed by atoms with E-state index in [0.29, 0.717) is 0 Å². The first-order valence-corrected chi connectivity index (χ1v) is 20.5. The summed E-state index contributed by atoms with van der Waals surface area (Å²) >= 11 is 1.62. The molecule has 2 aromatic rings. The van der Waals surface area contributed by atoms with Crippen LogP contribution in [-0.4, -0.2) is 10.7 Å². The summed E-state index contributed by atoms with van der Waals surface area (Å²) in [6, 6.07) is 14.8. The standard InChI is InChI=1S/C41H62N2.2CH3.Ni/c1-7-12-17-19-23-36-27-37(24-20-18-13-8-2)31-40(30-36)41(33(6)38(32-43-42)25-16-11-5)39-28-34(21-14-9-3)26-35(29-39)22-15-10-4;;;/h26-31H,7-25H2,1-6H3;2*1H3;. The zero-order chi connectivity index (χ0) is 34.0. The average molecular weight is 672 g/mol. The predicted octanol–water partition coefficient (Wildman–Crippen LogP) is 13.6. The number of unbranched alkanes of at least 4 members (excludes halogenated alkanes) is 9. The zero-order valence-corrected chi connectivity index (χ0v) is 32.1. The minimum absolute atomic E-state index is 0.870. The van der Waals surface area contributed by atoms with E-state index in [0.717, 1.165) is 50.5 Å². The zero-order valence-electron chi connectivity index (χ0n) is 31.1. The third kappa shape index (κ3) is 16.6. The number of benzene rings is 2. The van der Waals surface area contributed by atoms with E-state index in [1.165, 1.54) is 122 Å². The summed E-state index contributed by atoms with van der Waals surface area (Å²) in [5.41, 5.74) is 21.6. The summed E-state index contributed by atoms with van der Waals surface area (Å²) in [6.07, 6.45) is 22.6. The third-order valence-corrected chi connectivity index (χ3v) is 8.75. The van der Waals surface area contributed by atoms with Crippen LogP contribution in [0.2, 0.25) is 11.8 Å². The molecule has 46 heavy (non-hydrogen) atoms. The molecule has 0 aliphatic carbocycles. The molecule has 0 amide bonds. The maximum atomic E-state index is 9.63. The first-order valence-electron chi connectivity index (χ1n) is 18.6. The number of allylic oxidation sites excluding steroid dienone is 2. The van der Waals surface area contributed by atoms with E-state index in [-0.39, 0.29) is 0 Å². The molecule has 0 bridgehead atoms. The summed E-state index contributed by atoms with van der Waals surface area (Å²) in [4.78, 5) is 3.43. The van der Waals surface area contributed by atoms with Crippen LogP contribution in [0.4, 0.5) is 0 Å². The number of nitrogens with zero attached hydrogens (tertiary/aromatic N) is 2. The number of hydrogen-bond acceptors (Lipinski definition) is 0. The Morgan fingerprint density at radius 1 is 0.565 bits per heavy atom. The Balaban J connectivity index is 0.00000338. The quantitative estimate of drug-likeness (QED) is 0.0298. The van der Waals surface area contributed by atoms with E-state index in [2.05, 4.69) is 100 Å². The van der Waals surface area contributed by atoms with Crippen molar-refractivity contribution in [1.82, 2.24) is 0 Å². The first kappa shape index (κ1) is 41.9. The molecular weight excluding hydrogens is 603 g/mol. The van der Waals surface area contributed by atoms with Gasteiger partial charge in [0.1, 0.15) is 0 Å². The van der Waals surface area contributed by atoms with Gasteiger partial charge in [-0.3, -0.25) is 0 Å². The van der Waals surface area contributed by atoms with Gasteiger partial charge >= 0.3 is 32.1 Å². The van der Waals surface area contributed by atoms with Gasteiger partial charge in [0.25, 0.3) is 0 Å². The Bertz CT molecular complexity index is 1170. The van der Waals surface area contributed by atoms with Crippen molar-refractivity contribution in [1.29, 1.82) is 0 Å². The molecule has 0 atom stereocenters. The van der Waals surface area contributed by atoms with Crippen molar-refractivity contribution < 1.29 is 19.2 Å². The Morgan fingerprint density at radius 3 is 1.28 bits per heavy atom. The Labute approximate surface area is 291 Å². The predicted molar refractivity (Wildman–Crippen MR) is 201 cm³/mol. The van der Waals surface area contributed by atoms with Crippen molar-refractivity contribution in [2.24, 2.45) is 0 Å². The Hall–Kier alpha value is -2.17. The van der Waals surface area contributed by atoms with Crippen molar-refractivity contribution in [3.8, 4) is 0 Å². The second-order valence-electron chi connectivity index (χ2n) is 13.0. The molecule has 0 spiro atoms. The number of aryl methyl sites for hydroxylation is 4. The molecule has 0 unspecified atom stereocenters. The van der Waals surface area contributed by atoms with E-state index >= 15 is 0 Å². The van der Waals surface area contributed by atoms with Gasteiger partial charge in [0.05, 0.1) is 5.57 Å². The van der Waals surface area contributed by atoms with Crippen molar-refractivity contribution >= 4 is 11.4 Å². The van der Waals surface area contributed by atoms with Gasteiger partial charge in [-0.25, -0.2) is 0 Å². The third-order valence-electron chi connectivity index (χ3n) is 8.75. The maximum absolute atomic E-state index is 9.63. The van der Waals surface area contributed by atoms with Crippen molar-refractivity contribution in [2.75, 3.05) is 0 Å². The van der Waals surface area contributed by atoms with Crippen LogP contribution < -0.4 is 0 Å². The molecule has 0 saturated heterocycles. The first-order chi connectivity index (χ1) is 22.4. The fourth-order valence-corrected chi connectivity index (χ4v) is 6.16. The molecule has 2 nitrogen and oxygen atoms in total. The van der Waals surface area contributed by atoms with Crippen molar-refractivity contribution in [3.63, 3.8) is 0 Å².